The van der Waals surface area contributed by atoms with Crippen LogP contribution in [0.25, 0.3) is 11.3 Å². The summed E-state index contributed by atoms with van der Waals surface area (Å²) in [7, 11) is 1.57. The first-order valence-corrected chi connectivity index (χ1v) is 12.5. The molecule has 2 amide bonds. The highest BCUT2D eigenvalue weighted by Gasteiger charge is 2.37. The number of hydrogen-bond donors (Lipinski definition) is 4. The van der Waals surface area contributed by atoms with Gasteiger partial charge in [0.05, 0.1) is 43.3 Å². The van der Waals surface area contributed by atoms with Crippen molar-refractivity contribution in [3.8, 4) is 17.0 Å². The Morgan fingerprint density at radius 1 is 1.18 bits per heavy atom. The van der Waals surface area contributed by atoms with Gasteiger partial charge in [-0.1, -0.05) is 35.9 Å². The Morgan fingerprint density at radius 2 is 1.97 bits per heavy atom. The van der Waals surface area contributed by atoms with Crippen LogP contribution in [0.2, 0.25) is 5.02 Å². The summed E-state index contributed by atoms with van der Waals surface area (Å²) in [5, 5.41) is 25.5. The smallest absolute Gasteiger partial charge is 0.255 e. The monoisotopic (exact) mass is 539 g/mol. The highest BCUT2D eigenvalue weighted by atomic mass is 35.5. The van der Waals surface area contributed by atoms with E-state index < -0.39 is 18.6 Å². The van der Waals surface area contributed by atoms with Gasteiger partial charge in [-0.25, -0.2) is 9.97 Å². The highest BCUT2D eigenvalue weighted by Crippen LogP contribution is 2.32. The van der Waals surface area contributed by atoms with Crippen LogP contribution in [0.1, 0.15) is 41.4 Å². The molecule has 1 aliphatic heterocycles. The average molecular weight is 540 g/mol. The third kappa shape index (κ3) is 5.72. The van der Waals surface area contributed by atoms with Crippen LogP contribution in [-0.2, 0) is 11.3 Å². The van der Waals surface area contributed by atoms with E-state index >= 15 is 0 Å². The maximum absolute atomic E-state index is 13.4. The number of aromatic nitrogens is 2. The van der Waals surface area contributed by atoms with Crippen molar-refractivity contribution in [2.24, 2.45) is 0 Å². The van der Waals surface area contributed by atoms with E-state index in [9.17, 15) is 19.8 Å². The summed E-state index contributed by atoms with van der Waals surface area (Å²) < 4.78 is 5.25. The van der Waals surface area contributed by atoms with Crippen molar-refractivity contribution in [3.63, 3.8) is 0 Å². The minimum Gasteiger partial charge on any atom is -0.497 e. The lowest BCUT2D eigenvalue weighted by Crippen LogP contribution is -2.49. The Kier molecular flexibility index (Phi) is 8.45. The summed E-state index contributed by atoms with van der Waals surface area (Å²) in [5.74, 6) is 0.124. The number of anilines is 1. The molecular weight excluding hydrogens is 510 g/mol. The standard InChI is InChI=1S/C27H30ClN5O5/c1-15(13-34)30-27-29-11-22(28)24(32-27)18-7-8-19-12-33(26(37)21(19)10-18)23(14-35)25(36)31-16(2)17-5-4-6-20(9-17)38-3/h4-11,15-16,23,34-35H,12-14H2,1-3H3,(H,31,36)(H,29,30,32)/t15-,16+,23+/m0/s1. The molecule has 1 aromatic heterocycles. The van der Waals surface area contributed by atoms with Crippen molar-refractivity contribution >= 4 is 29.4 Å². The number of fused-ring (bicyclic) bond motifs is 1. The zero-order chi connectivity index (χ0) is 27.4. The Bertz CT molecular complexity index is 1340. The summed E-state index contributed by atoms with van der Waals surface area (Å²) in [6.45, 7) is 3.16. The Hall–Kier alpha value is -3.73. The Labute approximate surface area is 225 Å². The Balaban J connectivity index is 1.53. The fourth-order valence-electron chi connectivity index (χ4n) is 4.25. The number of aliphatic hydroxyl groups is 2. The number of methoxy groups -OCH3 is 1. The average Bonchev–Trinajstić information content (AvgIpc) is 3.25. The van der Waals surface area contributed by atoms with E-state index in [0.717, 1.165) is 11.1 Å². The van der Waals surface area contributed by atoms with Crippen molar-refractivity contribution in [1.82, 2.24) is 20.2 Å². The van der Waals surface area contributed by atoms with Gasteiger partial charge in [0.15, 0.2) is 0 Å². The highest BCUT2D eigenvalue weighted by molar-refractivity contribution is 6.33. The summed E-state index contributed by atoms with van der Waals surface area (Å²) in [6, 6.07) is 10.9. The summed E-state index contributed by atoms with van der Waals surface area (Å²) in [5.41, 5.74) is 2.99. The number of rotatable bonds is 10. The summed E-state index contributed by atoms with van der Waals surface area (Å²) >= 11 is 6.36. The maximum Gasteiger partial charge on any atom is 0.255 e. The van der Waals surface area contributed by atoms with Gasteiger partial charge in [0.2, 0.25) is 11.9 Å². The number of carbonyl (C=O) groups is 2. The fraction of sp³-hybridized carbons (Fsp3) is 0.333. The number of nitrogens with one attached hydrogen (secondary N) is 2. The molecule has 2 aromatic carbocycles. The molecule has 0 saturated heterocycles. The molecular formula is C27H30ClN5O5. The molecule has 0 spiro atoms. The number of halogens is 1. The molecule has 2 heterocycles. The van der Waals surface area contributed by atoms with Crippen LogP contribution < -0.4 is 15.4 Å². The van der Waals surface area contributed by atoms with Crippen LogP contribution in [0.3, 0.4) is 0 Å². The Morgan fingerprint density at radius 3 is 2.68 bits per heavy atom. The van der Waals surface area contributed by atoms with Crippen molar-refractivity contribution in [3.05, 3.63) is 70.4 Å². The number of amides is 2. The maximum atomic E-state index is 13.4. The number of aliphatic hydroxyl groups excluding tert-OH is 2. The third-order valence-electron chi connectivity index (χ3n) is 6.41. The molecule has 3 aromatic rings. The molecule has 1 aliphatic rings. The van der Waals surface area contributed by atoms with Crippen molar-refractivity contribution < 1.29 is 24.5 Å². The zero-order valence-electron chi connectivity index (χ0n) is 21.3. The number of carbonyl (C=O) groups excluding carboxylic acids is 2. The number of hydrogen-bond acceptors (Lipinski definition) is 8. The first-order valence-electron chi connectivity index (χ1n) is 12.1. The predicted molar refractivity (Wildman–Crippen MR) is 143 cm³/mol. The quantitative estimate of drug-likeness (QED) is 0.309. The summed E-state index contributed by atoms with van der Waals surface area (Å²) in [4.78, 5) is 36.4. The van der Waals surface area contributed by atoms with E-state index in [1.807, 2.05) is 31.2 Å². The molecule has 38 heavy (non-hydrogen) atoms. The predicted octanol–water partition coefficient (Wildman–Crippen LogP) is 2.79. The molecule has 11 heteroatoms. The van der Waals surface area contributed by atoms with Gasteiger partial charge in [0.1, 0.15) is 11.8 Å². The number of nitrogens with zero attached hydrogens (tertiary/aromatic N) is 3. The van der Waals surface area contributed by atoms with E-state index in [2.05, 4.69) is 20.6 Å². The molecule has 4 rings (SSSR count). The van der Waals surface area contributed by atoms with Gasteiger partial charge in [-0.3, -0.25) is 9.59 Å². The molecule has 200 valence electrons. The van der Waals surface area contributed by atoms with Crippen LogP contribution in [0, 0.1) is 0 Å². The van der Waals surface area contributed by atoms with Crippen LogP contribution in [0.5, 0.6) is 5.75 Å². The van der Waals surface area contributed by atoms with E-state index in [1.54, 1.807) is 32.2 Å². The van der Waals surface area contributed by atoms with Gasteiger partial charge >= 0.3 is 0 Å². The lowest BCUT2D eigenvalue weighted by Gasteiger charge is -2.27. The first kappa shape index (κ1) is 27.3. The first-order chi connectivity index (χ1) is 18.2. The van der Waals surface area contributed by atoms with E-state index in [-0.39, 0.29) is 31.1 Å². The van der Waals surface area contributed by atoms with E-state index in [4.69, 9.17) is 16.3 Å². The molecule has 3 atom stereocenters. The van der Waals surface area contributed by atoms with Crippen LogP contribution in [-0.4, -0.2) is 69.3 Å². The lowest BCUT2D eigenvalue weighted by atomic mass is 10.0. The zero-order valence-corrected chi connectivity index (χ0v) is 22.1. The second kappa shape index (κ2) is 11.8. The van der Waals surface area contributed by atoms with Gasteiger partial charge in [-0.15, -0.1) is 0 Å². The third-order valence-corrected chi connectivity index (χ3v) is 6.69. The topological polar surface area (TPSA) is 137 Å². The normalized spacial score (nSPS) is 15.0. The second-order valence-electron chi connectivity index (χ2n) is 9.13. The number of ether oxygens (including phenoxy) is 1. The van der Waals surface area contributed by atoms with Gasteiger partial charge in [0, 0.05) is 23.7 Å². The van der Waals surface area contributed by atoms with Crippen molar-refractivity contribution in [1.29, 1.82) is 0 Å². The van der Waals surface area contributed by atoms with E-state index in [0.29, 0.717) is 33.5 Å². The van der Waals surface area contributed by atoms with Crippen LogP contribution >= 0.6 is 11.6 Å². The molecule has 0 saturated carbocycles. The van der Waals surface area contributed by atoms with Crippen molar-refractivity contribution in [2.75, 3.05) is 25.6 Å². The lowest BCUT2D eigenvalue weighted by molar-refractivity contribution is -0.127. The van der Waals surface area contributed by atoms with Crippen LogP contribution in [0.4, 0.5) is 5.95 Å². The van der Waals surface area contributed by atoms with Crippen molar-refractivity contribution in [2.45, 2.75) is 38.5 Å². The van der Waals surface area contributed by atoms with Gasteiger partial charge < -0.3 is 30.5 Å². The molecule has 0 unspecified atom stereocenters. The fourth-order valence-corrected chi connectivity index (χ4v) is 4.45. The molecule has 4 N–H and O–H groups in total. The van der Waals surface area contributed by atoms with Gasteiger partial charge in [-0.05, 0) is 43.2 Å². The largest absolute Gasteiger partial charge is 0.497 e. The minimum absolute atomic E-state index is 0.0948. The minimum atomic E-state index is -1.06. The molecule has 10 nitrogen and oxygen atoms in total. The van der Waals surface area contributed by atoms with E-state index in [1.165, 1.54) is 11.1 Å². The van der Waals surface area contributed by atoms with Gasteiger partial charge in [-0.2, -0.15) is 0 Å². The van der Waals surface area contributed by atoms with Gasteiger partial charge in [0.25, 0.3) is 5.91 Å². The molecule has 0 radical (unpaired) electrons. The number of benzene rings is 2. The summed E-state index contributed by atoms with van der Waals surface area (Å²) in [6.07, 6.45) is 1.45. The second-order valence-corrected chi connectivity index (χ2v) is 9.54. The molecule has 0 aliphatic carbocycles. The molecule has 0 fully saturated rings. The SMILES string of the molecule is COc1cccc([C@@H](C)NC(=O)[C@@H](CO)N2Cc3ccc(-c4nc(N[C@@H](C)CO)ncc4Cl)cc3C2=O)c1. The molecule has 0 bridgehead atoms. The van der Waals surface area contributed by atoms with Crippen LogP contribution in [0.15, 0.2) is 48.7 Å².